The van der Waals surface area contributed by atoms with E-state index in [4.69, 9.17) is 16.6 Å². The van der Waals surface area contributed by atoms with Gasteiger partial charge in [-0.15, -0.1) is 11.3 Å². The Balaban J connectivity index is 1.76. The zero-order valence-electron chi connectivity index (χ0n) is 13.8. The average Bonchev–Trinajstić information content (AvgIpc) is 3.17. The first-order valence-electron chi connectivity index (χ1n) is 8.10. The van der Waals surface area contributed by atoms with Crippen LogP contribution in [0.1, 0.15) is 10.4 Å². The first-order valence-corrected chi connectivity index (χ1v) is 10.3. The summed E-state index contributed by atoms with van der Waals surface area (Å²) in [4.78, 5) is 18.9. The third-order valence-electron chi connectivity index (χ3n) is 4.04. The second-order valence-electron chi connectivity index (χ2n) is 5.76. The van der Waals surface area contributed by atoms with Crippen LogP contribution >= 0.6 is 34.7 Å². The molecular formula is C20H15ClN2OS2. The second kappa shape index (κ2) is 7.66. The van der Waals surface area contributed by atoms with E-state index in [1.165, 1.54) is 11.8 Å². The Hall–Kier alpha value is -2.08. The Bertz CT molecular complexity index is 1110. The molecule has 0 N–H and O–H groups in total. The normalized spacial score (nSPS) is 11.1. The Morgan fingerprint density at radius 3 is 2.65 bits per heavy atom. The van der Waals surface area contributed by atoms with Gasteiger partial charge in [0.15, 0.2) is 5.16 Å². The zero-order valence-corrected chi connectivity index (χ0v) is 16.2. The fourth-order valence-electron chi connectivity index (χ4n) is 2.71. The number of fused-ring (bicyclic) bond motifs is 1. The lowest BCUT2D eigenvalue weighted by molar-refractivity contribution is 0.664. The Morgan fingerprint density at radius 2 is 1.85 bits per heavy atom. The predicted molar refractivity (Wildman–Crippen MR) is 110 cm³/mol. The standard InChI is InChI=1S/C20H15ClN2OS2/c21-17-9-3-1-6-14(17)13-26-20-22-18-10-4-2-8-16(18)19(24)23(20)12-15-7-5-11-25-15/h1-11H,12-13H2. The smallest absolute Gasteiger partial charge is 0.262 e. The van der Waals surface area contributed by atoms with Crippen LogP contribution in [0.3, 0.4) is 0 Å². The van der Waals surface area contributed by atoms with Crippen LogP contribution in [-0.2, 0) is 12.3 Å². The van der Waals surface area contributed by atoms with Gasteiger partial charge in [-0.05, 0) is 35.2 Å². The number of thiophene rings is 1. The SMILES string of the molecule is O=c1c2ccccc2nc(SCc2ccccc2Cl)n1Cc1cccs1. The molecular weight excluding hydrogens is 384 g/mol. The summed E-state index contributed by atoms with van der Waals surface area (Å²) in [6.07, 6.45) is 0. The van der Waals surface area contributed by atoms with E-state index in [-0.39, 0.29) is 5.56 Å². The quantitative estimate of drug-likeness (QED) is 0.331. The number of aromatic nitrogens is 2. The van der Waals surface area contributed by atoms with Crippen molar-refractivity contribution in [3.63, 3.8) is 0 Å². The van der Waals surface area contributed by atoms with Crippen molar-refractivity contribution in [3.8, 4) is 0 Å². The summed E-state index contributed by atoms with van der Waals surface area (Å²) in [7, 11) is 0. The number of halogens is 1. The van der Waals surface area contributed by atoms with E-state index in [0.717, 1.165) is 21.0 Å². The van der Waals surface area contributed by atoms with Crippen LogP contribution in [-0.4, -0.2) is 9.55 Å². The number of hydrogen-bond acceptors (Lipinski definition) is 4. The van der Waals surface area contributed by atoms with Crippen molar-refractivity contribution >= 4 is 45.6 Å². The number of benzene rings is 2. The Labute approximate surface area is 164 Å². The maximum atomic E-state index is 13.0. The summed E-state index contributed by atoms with van der Waals surface area (Å²) < 4.78 is 1.76. The molecule has 6 heteroatoms. The molecule has 0 aliphatic heterocycles. The van der Waals surface area contributed by atoms with E-state index in [1.807, 2.05) is 66.0 Å². The summed E-state index contributed by atoms with van der Waals surface area (Å²) in [5.41, 5.74) is 1.75. The van der Waals surface area contributed by atoms with Crippen LogP contribution in [0, 0.1) is 0 Å². The zero-order chi connectivity index (χ0) is 17.9. The van der Waals surface area contributed by atoms with E-state index in [2.05, 4.69) is 0 Å². The minimum atomic E-state index is -0.00865. The number of nitrogens with zero attached hydrogens (tertiary/aromatic N) is 2. The highest BCUT2D eigenvalue weighted by atomic mass is 35.5. The molecule has 0 fully saturated rings. The van der Waals surface area contributed by atoms with Gasteiger partial charge in [-0.25, -0.2) is 4.98 Å². The number of para-hydroxylation sites is 1. The van der Waals surface area contributed by atoms with E-state index < -0.39 is 0 Å². The molecule has 0 saturated carbocycles. The second-order valence-corrected chi connectivity index (χ2v) is 8.14. The minimum Gasteiger partial charge on any atom is -0.282 e. The van der Waals surface area contributed by atoms with Gasteiger partial charge in [0, 0.05) is 15.7 Å². The van der Waals surface area contributed by atoms with Gasteiger partial charge in [-0.2, -0.15) is 0 Å². The lowest BCUT2D eigenvalue weighted by atomic mass is 10.2. The number of thioether (sulfide) groups is 1. The highest BCUT2D eigenvalue weighted by molar-refractivity contribution is 7.98. The lowest BCUT2D eigenvalue weighted by Crippen LogP contribution is -2.23. The van der Waals surface area contributed by atoms with Gasteiger partial charge >= 0.3 is 0 Å². The number of rotatable bonds is 5. The molecule has 3 nitrogen and oxygen atoms in total. The maximum absolute atomic E-state index is 13.0. The molecule has 4 aromatic rings. The van der Waals surface area contributed by atoms with E-state index >= 15 is 0 Å². The van der Waals surface area contributed by atoms with Gasteiger partial charge in [0.1, 0.15) is 0 Å². The molecule has 2 heterocycles. The molecule has 0 amide bonds. The molecule has 0 bridgehead atoms. The molecule has 0 spiro atoms. The van der Waals surface area contributed by atoms with E-state index in [0.29, 0.717) is 22.8 Å². The van der Waals surface area contributed by atoms with Gasteiger partial charge < -0.3 is 0 Å². The van der Waals surface area contributed by atoms with Gasteiger partial charge in [0.2, 0.25) is 0 Å². The van der Waals surface area contributed by atoms with E-state index in [1.54, 1.807) is 15.9 Å². The Kier molecular flexibility index (Phi) is 5.11. The van der Waals surface area contributed by atoms with Crippen LogP contribution < -0.4 is 5.56 Å². The van der Waals surface area contributed by atoms with Crippen molar-refractivity contribution in [3.05, 3.63) is 91.9 Å². The van der Waals surface area contributed by atoms with Crippen LogP contribution in [0.4, 0.5) is 0 Å². The molecule has 0 aliphatic rings. The van der Waals surface area contributed by atoms with Gasteiger partial charge in [0.05, 0.1) is 17.4 Å². The van der Waals surface area contributed by atoms with Crippen LogP contribution in [0.5, 0.6) is 0 Å². The number of hydrogen-bond donors (Lipinski definition) is 0. The molecule has 2 aromatic carbocycles. The third kappa shape index (κ3) is 3.56. The Morgan fingerprint density at radius 1 is 1.04 bits per heavy atom. The molecule has 0 atom stereocenters. The van der Waals surface area contributed by atoms with Crippen molar-refractivity contribution in [2.75, 3.05) is 0 Å². The summed E-state index contributed by atoms with van der Waals surface area (Å²) in [6.45, 7) is 0.527. The summed E-state index contributed by atoms with van der Waals surface area (Å²) in [5, 5.41) is 4.10. The lowest BCUT2D eigenvalue weighted by Gasteiger charge is -2.13. The van der Waals surface area contributed by atoms with Crippen molar-refractivity contribution in [1.82, 2.24) is 9.55 Å². The van der Waals surface area contributed by atoms with Gasteiger partial charge in [-0.3, -0.25) is 9.36 Å². The highest BCUT2D eigenvalue weighted by Crippen LogP contribution is 2.26. The van der Waals surface area contributed by atoms with Crippen molar-refractivity contribution in [2.45, 2.75) is 17.5 Å². The highest BCUT2D eigenvalue weighted by Gasteiger charge is 2.13. The van der Waals surface area contributed by atoms with Crippen LogP contribution in [0.2, 0.25) is 5.02 Å². The molecule has 0 aliphatic carbocycles. The topological polar surface area (TPSA) is 34.9 Å². The molecule has 0 unspecified atom stereocenters. The van der Waals surface area contributed by atoms with Crippen molar-refractivity contribution in [1.29, 1.82) is 0 Å². The van der Waals surface area contributed by atoms with Gasteiger partial charge in [0.25, 0.3) is 5.56 Å². The molecule has 0 radical (unpaired) electrons. The van der Waals surface area contributed by atoms with Crippen LogP contribution in [0.15, 0.2) is 76.0 Å². The minimum absolute atomic E-state index is 0.00865. The molecule has 2 aromatic heterocycles. The average molecular weight is 399 g/mol. The summed E-state index contributed by atoms with van der Waals surface area (Å²) >= 11 is 9.45. The molecule has 0 saturated heterocycles. The first-order chi connectivity index (χ1) is 12.7. The predicted octanol–water partition coefficient (Wildman–Crippen LogP) is 5.45. The monoisotopic (exact) mass is 398 g/mol. The largest absolute Gasteiger partial charge is 0.282 e. The molecule has 130 valence electrons. The fourth-order valence-corrected chi connectivity index (χ4v) is 4.69. The molecule has 26 heavy (non-hydrogen) atoms. The van der Waals surface area contributed by atoms with Gasteiger partial charge in [-0.1, -0.05) is 59.8 Å². The van der Waals surface area contributed by atoms with Crippen molar-refractivity contribution in [2.24, 2.45) is 0 Å². The summed E-state index contributed by atoms with van der Waals surface area (Å²) in [6, 6.07) is 19.3. The van der Waals surface area contributed by atoms with E-state index in [9.17, 15) is 4.79 Å². The fraction of sp³-hybridized carbons (Fsp3) is 0.100. The van der Waals surface area contributed by atoms with Crippen LogP contribution in [0.25, 0.3) is 10.9 Å². The first kappa shape index (κ1) is 17.3. The third-order valence-corrected chi connectivity index (χ3v) is 6.29. The van der Waals surface area contributed by atoms with Crippen molar-refractivity contribution < 1.29 is 0 Å². The molecule has 4 rings (SSSR count). The maximum Gasteiger partial charge on any atom is 0.262 e. The summed E-state index contributed by atoms with van der Waals surface area (Å²) in [5.74, 6) is 0.662.